The highest BCUT2D eigenvalue weighted by atomic mass is 32.1. The van der Waals surface area contributed by atoms with E-state index in [9.17, 15) is 0 Å². The Labute approximate surface area is 61.7 Å². The van der Waals surface area contributed by atoms with Gasteiger partial charge in [-0.25, -0.2) is 4.99 Å². The van der Waals surface area contributed by atoms with E-state index in [4.69, 9.17) is 11.1 Å². The summed E-state index contributed by atoms with van der Waals surface area (Å²) in [6, 6.07) is 1.89. The third-order valence-corrected chi connectivity index (χ3v) is 2.31. The van der Waals surface area contributed by atoms with Crippen molar-refractivity contribution in [3.8, 4) is 0 Å². The molecule has 0 saturated carbocycles. The van der Waals surface area contributed by atoms with E-state index < -0.39 is 0 Å². The Bertz CT molecular complexity index is 323. The molecule has 1 aliphatic rings. The average Bonchev–Trinajstić information content (AvgIpc) is 2.39. The van der Waals surface area contributed by atoms with Crippen LogP contribution in [0, 0.1) is 5.41 Å². The van der Waals surface area contributed by atoms with Gasteiger partial charge in [0, 0.05) is 5.56 Å². The van der Waals surface area contributed by atoms with Crippen LogP contribution in [0.3, 0.4) is 0 Å². The van der Waals surface area contributed by atoms with Crippen LogP contribution in [0.2, 0.25) is 0 Å². The fourth-order valence-electron chi connectivity index (χ4n) is 0.926. The molecule has 0 atom stereocenters. The van der Waals surface area contributed by atoms with Crippen molar-refractivity contribution in [2.45, 2.75) is 0 Å². The number of thiophene rings is 1. The first-order valence-electron chi connectivity index (χ1n) is 2.80. The smallest absolute Gasteiger partial charge is 0.165 e. The number of nitrogens with one attached hydrogen (secondary N) is 1. The Morgan fingerprint density at radius 2 is 2.40 bits per heavy atom. The highest BCUT2D eigenvalue weighted by Gasteiger charge is 2.18. The Morgan fingerprint density at radius 1 is 1.60 bits per heavy atom. The molecule has 2 heterocycles. The second kappa shape index (κ2) is 1.67. The lowest BCUT2D eigenvalue weighted by Crippen LogP contribution is -2.08. The molecule has 50 valence electrons. The first-order chi connectivity index (χ1) is 4.79. The molecule has 3 nitrogen and oxygen atoms in total. The molecule has 0 spiro atoms. The average molecular weight is 151 g/mol. The predicted molar refractivity (Wildman–Crippen MR) is 41.9 cm³/mol. The molecule has 0 unspecified atom stereocenters. The van der Waals surface area contributed by atoms with E-state index in [1.54, 1.807) is 0 Å². The predicted octanol–water partition coefficient (Wildman–Crippen LogP) is 0.792. The van der Waals surface area contributed by atoms with Crippen molar-refractivity contribution in [3.05, 3.63) is 21.9 Å². The Balaban J connectivity index is 2.72. The zero-order valence-electron chi connectivity index (χ0n) is 5.09. The lowest BCUT2D eigenvalue weighted by Gasteiger charge is -1.84. The Hall–Kier alpha value is -1.16. The molecule has 0 bridgehead atoms. The maximum atomic E-state index is 7.32. The summed E-state index contributed by atoms with van der Waals surface area (Å²) >= 11 is 1.50. The summed E-state index contributed by atoms with van der Waals surface area (Å²) < 4.78 is 0. The normalized spacial score (nSPS) is 15.2. The molecule has 1 aromatic heterocycles. The van der Waals surface area contributed by atoms with Gasteiger partial charge in [-0.15, -0.1) is 11.3 Å². The van der Waals surface area contributed by atoms with Crippen molar-refractivity contribution >= 4 is 23.0 Å². The molecule has 10 heavy (non-hydrogen) atoms. The molecular formula is C6H5N3S. The SMILES string of the molecule is N=C1N=C(N)c2ccsc21. The third-order valence-electron chi connectivity index (χ3n) is 1.39. The van der Waals surface area contributed by atoms with Gasteiger partial charge in [0.15, 0.2) is 5.84 Å². The molecule has 3 N–H and O–H groups in total. The van der Waals surface area contributed by atoms with E-state index >= 15 is 0 Å². The van der Waals surface area contributed by atoms with Crippen molar-refractivity contribution in [2.75, 3.05) is 0 Å². The topological polar surface area (TPSA) is 62.2 Å². The van der Waals surface area contributed by atoms with Gasteiger partial charge in [-0.05, 0) is 11.4 Å². The fourth-order valence-corrected chi connectivity index (χ4v) is 1.72. The van der Waals surface area contributed by atoms with Crippen molar-refractivity contribution in [1.29, 1.82) is 5.41 Å². The summed E-state index contributed by atoms with van der Waals surface area (Å²) in [6.45, 7) is 0. The summed E-state index contributed by atoms with van der Waals surface area (Å²) in [5, 5.41) is 9.24. The van der Waals surface area contributed by atoms with Gasteiger partial charge in [-0.2, -0.15) is 0 Å². The number of rotatable bonds is 0. The van der Waals surface area contributed by atoms with Gasteiger partial charge in [0.1, 0.15) is 5.84 Å². The van der Waals surface area contributed by atoms with Gasteiger partial charge >= 0.3 is 0 Å². The minimum atomic E-state index is 0.294. The van der Waals surface area contributed by atoms with Crippen LogP contribution in [0.1, 0.15) is 10.4 Å². The minimum Gasteiger partial charge on any atom is -0.383 e. The van der Waals surface area contributed by atoms with Crippen LogP contribution in [0.5, 0.6) is 0 Å². The van der Waals surface area contributed by atoms with Crippen LogP contribution in [0.25, 0.3) is 0 Å². The van der Waals surface area contributed by atoms with Crippen LogP contribution in [0.15, 0.2) is 16.4 Å². The van der Waals surface area contributed by atoms with Crippen molar-refractivity contribution in [1.82, 2.24) is 0 Å². The summed E-state index contributed by atoms with van der Waals surface area (Å²) in [6.07, 6.45) is 0. The van der Waals surface area contributed by atoms with Crippen LogP contribution in [-0.2, 0) is 0 Å². The maximum Gasteiger partial charge on any atom is 0.165 e. The molecule has 1 aromatic rings. The minimum absolute atomic E-state index is 0.294. The van der Waals surface area contributed by atoms with E-state index in [-0.39, 0.29) is 0 Å². The zero-order valence-corrected chi connectivity index (χ0v) is 5.90. The summed E-state index contributed by atoms with van der Waals surface area (Å²) in [5.41, 5.74) is 6.41. The highest BCUT2D eigenvalue weighted by molar-refractivity contribution is 7.12. The van der Waals surface area contributed by atoms with Gasteiger partial charge in [-0.1, -0.05) is 0 Å². The first kappa shape index (κ1) is 5.61. The van der Waals surface area contributed by atoms with Crippen LogP contribution >= 0.6 is 11.3 Å². The van der Waals surface area contributed by atoms with Crippen LogP contribution < -0.4 is 5.73 Å². The molecule has 2 rings (SSSR count). The fraction of sp³-hybridized carbons (Fsp3) is 0. The monoisotopic (exact) mass is 151 g/mol. The van der Waals surface area contributed by atoms with Crippen molar-refractivity contribution in [2.24, 2.45) is 10.7 Å². The lowest BCUT2D eigenvalue weighted by molar-refractivity contribution is 1.46. The van der Waals surface area contributed by atoms with E-state index in [0.29, 0.717) is 11.7 Å². The van der Waals surface area contributed by atoms with E-state index in [1.807, 2.05) is 11.4 Å². The van der Waals surface area contributed by atoms with Crippen molar-refractivity contribution in [3.63, 3.8) is 0 Å². The van der Waals surface area contributed by atoms with Gasteiger partial charge in [-0.3, -0.25) is 5.41 Å². The summed E-state index contributed by atoms with van der Waals surface area (Å²) in [4.78, 5) is 4.69. The molecular weight excluding hydrogens is 146 g/mol. The number of amidine groups is 2. The van der Waals surface area contributed by atoms with E-state index in [0.717, 1.165) is 10.4 Å². The van der Waals surface area contributed by atoms with Crippen LogP contribution in [0.4, 0.5) is 0 Å². The highest BCUT2D eigenvalue weighted by Crippen LogP contribution is 2.22. The zero-order chi connectivity index (χ0) is 7.14. The third kappa shape index (κ3) is 0.537. The number of nitrogens with zero attached hydrogens (tertiary/aromatic N) is 1. The van der Waals surface area contributed by atoms with Gasteiger partial charge in [0.05, 0.1) is 4.88 Å². The standard InChI is InChI=1S/C6H5N3S/c7-5-3-1-2-10-4(3)6(8)9-5/h1-2H,(H3,7,8,9). The molecule has 0 radical (unpaired) electrons. The summed E-state index contributed by atoms with van der Waals surface area (Å²) in [7, 11) is 0. The number of hydrogen-bond acceptors (Lipinski definition) is 3. The molecule has 0 saturated heterocycles. The molecule has 0 aromatic carbocycles. The number of nitrogens with two attached hydrogens (primary N) is 1. The van der Waals surface area contributed by atoms with E-state index in [2.05, 4.69) is 4.99 Å². The first-order valence-corrected chi connectivity index (χ1v) is 3.68. The summed E-state index contributed by atoms with van der Waals surface area (Å²) in [5.74, 6) is 0.767. The molecule has 1 aliphatic heterocycles. The lowest BCUT2D eigenvalue weighted by atomic mass is 10.3. The Kier molecular flexibility index (Phi) is 0.935. The quantitative estimate of drug-likeness (QED) is 0.565. The van der Waals surface area contributed by atoms with Gasteiger partial charge in [0.25, 0.3) is 0 Å². The molecule has 0 aliphatic carbocycles. The number of hydrogen-bond donors (Lipinski definition) is 2. The second-order valence-corrected chi connectivity index (χ2v) is 2.93. The van der Waals surface area contributed by atoms with E-state index in [1.165, 1.54) is 11.3 Å². The van der Waals surface area contributed by atoms with Gasteiger partial charge in [0.2, 0.25) is 0 Å². The number of aliphatic imine (C=N–C) groups is 1. The Morgan fingerprint density at radius 3 is 3.10 bits per heavy atom. The molecule has 0 amide bonds. The maximum absolute atomic E-state index is 7.32. The second-order valence-electron chi connectivity index (χ2n) is 2.01. The molecule has 0 fully saturated rings. The van der Waals surface area contributed by atoms with Crippen LogP contribution in [-0.4, -0.2) is 11.7 Å². The molecule has 4 heteroatoms. The number of fused-ring (bicyclic) bond motifs is 1. The van der Waals surface area contributed by atoms with Gasteiger partial charge < -0.3 is 5.73 Å². The van der Waals surface area contributed by atoms with Crippen molar-refractivity contribution < 1.29 is 0 Å². The largest absolute Gasteiger partial charge is 0.383 e.